The van der Waals surface area contributed by atoms with Crippen LogP contribution in [-0.2, 0) is 14.3 Å². The van der Waals surface area contributed by atoms with E-state index in [4.69, 9.17) is 28.7 Å². The number of carbonyl (C=O) groups excluding carboxylic acids is 1. The Morgan fingerprint density at radius 3 is 2.44 bits per heavy atom. The molecule has 0 aliphatic carbocycles. The predicted molar refractivity (Wildman–Crippen MR) is 166 cm³/mol. The molecule has 2 heterocycles. The summed E-state index contributed by atoms with van der Waals surface area (Å²) in [5.74, 6) is 1.13. The normalized spacial score (nSPS) is 14.8. The molecule has 0 radical (unpaired) electrons. The number of ether oxygens (including phenoxy) is 5. The molecule has 0 amide bonds. The fraction of sp³-hybridized carbons (Fsp3) is 0.303. The van der Waals surface area contributed by atoms with E-state index in [1.165, 1.54) is 18.4 Å². The summed E-state index contributed by atoms with van der Waals surface area (Å²) in [6.45, 7) is 4.48. The van der Waals surface area contributed by atoms with E-state index in [9.17, 15) is 9.59 Å². The highest BCUT2D eigenvalue weighted by Gasteiger charge is 2.36. The Bertz CT molecular complexity index is 1870. The van der Waals surface area contributed by atoms with Gasteiger partial charge in [0.05, 0.1) is 43.2 Å². The number of methoxy groups -OCH3 is 3. The molecule has 10 heteroatoms. The van der Waals surface area contributed by atoms with Gasteiger partial charge in [-0.25, -0.2) is 9.79 Å². The van der Waals surface area contributed by atoms with Crippen molar-refractivity contribution < 1.29 is 28.5 Å². The lowest BCUT2D eigenvalue weighted by Crippen LogP contribution is -2.40. The molecule has 0 unspecified atom stereocenters. The number of thiazole rings is 1. The molecular formula is C33H34N2O7S. The Hall–Kier alpha value is -4.41. The van der Waals surface area contributed by atoms with Crippen LogP contribution in [0.5, 0.6) is 17.2 Å². The number of rotatable bonds is 11. The molecule has 3 aromatic carbocycles. The Kier molecular flexibility index (Phi) is 9.27. The summed E-state index contributed by atoms with van der Waals surface area (Å²) in [7, 11) is 4.73. The van der Waals surface area contributed by atoms with Crippen LogP contribution in [0.4, 0.5) is 0 Å². The third-order valence-electron chi connectivity index (χ3n) is 7.16. The fourth-order valence-corrected chi connectivity index (χ4v) is 6.22. The van der Waals surface area contributed by atoms with Gasteiger partial charge in [0.2, 0.25) is 0 Å². The highest BCUT2D eigenvalue weighted by atomic mass is 32.1. The first-order chi connectivity index (χ1) is 20.9. The minimum absolute atomic E-state index is 0.0606. The highest BCUT2D eigenvalue weighted by Crippen LogP contribution is 2.41. The maximum Gasteiger partial charge on any atom is 0.338 e. The average molecular weight is 603 g/mol. The zero-order valence-corrected chi connectivity index (χ0v) is 25.7. The number of hydrogen-bond acceptors (Lipinski definition) is 9. The molecule has 0 saturated heterocycles. The van der Waals surface area contributed by atoms with Crippen LogP contribution in [-0.4, -0.2) is 51.7 Å². The van der Waals surface area contributed by atoms with Gasteiger partial charge in [-0.05, 0) is 42.5 Å². The topological polar surface area (TPSA) is 97.6 Å². The molecule has 9 nitrogen and oxygen atoms in total. The third-order valence-corrected chi connectivity index (χ3v) is 8.14. The van der Waals surface area contributed by atoms with Gasteiger partial charge in [0.25, 0.3) is 5.56 Å². The van der Waals surface area contributed by atoms with E-state index < -0.39 is 12.0 Å². The average Bonchev–Trinajstić information content (AvgIpc) is 3.33. The number of carbonyl (C=O) groups is 1. The smallest absolute Gasteiger partial charge is 0.338 e. The van der Waals surface area contributed by atoms with Gasteiger partial charge in [-0.2, -0.15) is 0 Å². The van der Waals surface area contributed by atoms with E-state index >= 15 is 0 Å². The molecule has 43 heavy (non-hydrogen) atoms. The van der Waals surface area contributed by atoms with E-state index in [0.29, 0.717) is 38.7 Å². The van der Waals surface area contributed by atoms with Crippen molar-refractivity contribution in [3.8, 4) is 17.2 Å². The van der Waals surface area contributed by atoms with Crippen LogP contribution in [0.1, 0.15) is 37.4 Å². The summed E-state index contributed by atoms with van der Waals surface area (Å²) in [4.78, 5) is 33.0. The Morgan fingerprint density at radius 1 is 0.953 bits per heavy atom. The monoisotopic (exact) mass is 602 g/mol. The molecular weight excluding hydrogens is 568 g/mol. The summed E-state index contributed by atoms with van der Waals surface area (Å²) >= 11 is 1.27. The number of esters is 1. The summed E-state index contributed by atoms with van der Waals surface area (Å²) in [5.41, 5.74) is 1.89. The van der Waals surface area contributed by atoms with Crippen molar-refractivity contribution in [2.75, 3.05) is 41.2 Å². The Morgan fingerprint density at radius 2 is 1.72 bits per heavy atom. The minimum Gasteiger partial charge on any atom is -0.496 e. The van der Waals surface area contributed by atoms with Gasteiger partial charge in [0, 0.05) is 18.1 Å². The molecule has 224 valence electrons. The van der Waals surface area contributed by atoms with Crippen molar-refractivity contribution >= 4 is 34.2 Å². The second kappa shape index (κ2) is 13.3. The molecule has 5 rings (SSSR count). The van der Waals surface area contributed by atoms with Gasteiger partial charge in [-0.1, -0.05) is 60.7 Å². The second-order valence-corrected chi connectivity index (χ2v) is 10.8. The number of nitrogens with zero attached hydrogens (tertiary/aromatic N) is 2. The van der Waals surface area contributed by atoms with Crippen LogP contribution >= 0.6 is 11.3 Å². The van der Waals surface area contributed by atoms with E-state index in [0.717, 1.165) is 28.5 Å². The number of benzene rings is 3. The first kappa shape index (κ1) is 30.1. The van der Waals surface area contributed by atoms with Crippen LogP contribution in [0.2, 0.25) is 0 Å². The summed E-state index contributed by atoms with van der Waals surface area (Å²) < 4.78 is 30.0. The molecule has 0 saturated carbocycles. The maximum absolute atomic E-state index is 14.3. The van der Waals surface area contributed by atoms with Crippen molar-refractivity contribution in [1.82, 2.24) is 4.57 Å². The van der Waals surface area contributed by atoms with Gasteiger partial charge in [-0.15, -0.1) is 0 Å². The quantitative estimate of drug-likeness (QED) is 0.186. The van der Waals surface area contributed by atoms with Gasteiger partial charge >= 0.3 is 5.97 Å². The minimum atomic E-state index is -0.858. The number of fused-ring (bicyclic) bond motifs is 2. The number of aromatic nitrogens is 1. The van der Waals surface area contributed by atoms with Gasteiger partial charge < -0.3 is 23.7 Å². The standard InChI is InChI=1S/C33H34N2O7S/c1-6-16-41-30-24(12-9-13-26(30)40-5)29-28(32(37)42-18-17-38-3)20(2)34-33-35(29)31(36)27(43-33)19-21-14-15-25(39-4)23-11-8-7-10-22(21)23/h7-15,19,29H,6,16-18H2,1-5H3/b27-19+/t29-/m1/s1. The molecule has 1 aromatic heterocycles. The zero-order chi connectivity index (χ0) is 30.5. The van der Waals surface area contributed by atoms with E-state index in [2.05, 4.69) is 0 Å². The van der Waals surface area contributed by atoms with Gasteiger partial charge in [0.1, 0.15) is 18.4 Å². The fourth-order valence-electron chi connectivity index (χ4n) is 5.18. The van der Waals surface area contributed by atoms with E-state index in [1.807, 2.05) is 61.5 Å². The largest absolute Gasteiger partial charge is 0.496 e. The molecule has 0 spiro atoms. The second-order valence-electron chi connectivity index (χ2n) is 9.84. The molecule has 1 aliphatic rings. The van der Waals surface area contributed by atoms with Crippen molar-refractivity contribution in [2.24, 2.45) is 4.99 Å². The van der Waals surface area contributed by atoms with Gasteiger partial charge in [-0.3, -0.25) is 9.36 Å². The summed E-state index contributed by atoms with van der Waals surface area (Å²) in [6, 6.07) is 16.3. The van der Waals surface area contributed by atoms with E-state index in [-0.39, 0.29) is 24.3 Å². The van der Waals surface area contributed by atoms with Crippen LogP contribution in [0.15, 0.2) is 75.7 Å². The van der Waals surface area contributed by atoms with Crippen LogP contribution in [0, 0.1) is 0 Å². The summed E-state index contributed by atoms with van der Waals surface area (Å²) in [6.07, 6.45) is 2.62. The zero-order valence-electron chi connectivity index (χ0n) is 24.8. The number of allylic oxidation sites excluding steroid dienone is 1. The summed E-state index contributed by atoms with van der Waals surface area (Å²) in [5, 5.41) is 1.89. The van der Waals surface area contributed by atoms with Crippen LogP contribution in [0.3, 0.4) is 0 Å². The molecule has 1 atom stereocenters. The molecule has 0 N–H and O–H groups in total. The van der Waals surface area contributed by atoms with Gasteiger partial charge in [0.15, 0.2) is 16.3 Å². The van der Waals surface area contributed by atoms with Crippen molar-refractivity contribution in [1.29, 1.82) is 0 Å². The third kappa shape index (κ3) is 5.80. The van der Waals surface area contributed by atoms with Crippen molar-refractivity contribution in [2.45, 2.75) is 26.3 Å². The first-order valence-electron chi connectivity index (χ1n) is 14.0. The van der Waals surface area contributed by atoms with Crippen molar-refractivity contribution in [3.63, 3.8) is 0 Å². The Balaban J connectivity index is 1.75. The maximum atomic E-state index is 14.3. The lowest BCUT2D eigenvalue weighted by Gasteiger charge is -2.27. The molecule has 4 aromatic rings. The molecule has 0 bridgehead atoms. The lowest BCUT2D eigenvalue weighted by atomic mass is 9.94. The van der Waals surface area contributed by atoms with Crippen LogP contribution < -0.4 is 29.1 Å². The SMILES string of the molecule is CCCOc1c(OC)cccc1[C@@H]1C(C(=O)OCCOC)=C(C)N=c2s/c(=C/c3ccc(OC)c4ccccc34)c(=O)n21. The highest BCUT2D eigenvalue weighted by molar-refractivity contribution is 7.07. The first-order valence-corrected chi connectivity index (χ1v) is 14.8. The van der Waals surface area contributed by atoms with Crippen molar-refractivity contribution in [3.05, 3.63) is 96.7 Å². The number of hydrogen-bond donors (Lipinski definition) is 0. The van der Waals surface area contributed by atoms with Crippen LogP contribution in [0.25, 0.3) is 16.8 Å². The molecule has 1 aliphatic heterocycles. The number of para-hydroxylation sites is 1. The lowest BCUT2D eigenvalue weighted by molar-refractivity contribution is -0.140. The van der Waals surface area contributed by atoms with E-state index in [1.54, 1.807) is 31.8 Å². The Labute approximate surface area is 253 Å². The molecule has 0 fully saturated rings. The predicted octanol–water partition coefficient (Wildman–Crippen LogP) is 4.38.